The average Bonchev–Trinajstić information content (AvgIpc) is 3.28. The summed E-state index contributed by atoms with van der Waals surface area (Å²) < 4.78 is 2.16. The van der Waals surface area contributed by atoms with Crippen LogP contribution in [0.25, 0.3) is 22.2 Å². The first-order valence-electron chi connectivity index (χ1n) is 13.0. The molecule has 194 valence electrons. The molecule has 1 atom stereocenters. The van der Waals surface area contributed by atoms with Gasteiger partial charge in [0.1, 0.15) is 17.5 Å². The fraction of sp³-hybridized carbons (Fsp3) is 0.333. The summed E-state index contributed by atoms with van der Waals surface area (Å²) in [6.07, 6.45) is 3.93. The first-order valence-corrected chi connectivity index (χ1v) is 13.0. The summed E-state index contributed by atoms with van der Waals surface area (Å²) in [5, 5.41) is 10.6. The number of nitrogens with zero attached hydrogens (tertiary/aromatic N) is 6. The Hall–Kier alpha value is -4.22. The number of hydrogen-bond donors (Lipinski definition) is 1. The summed E-state index contributed by atoms with van der Waals surface area (Å²) >= 11 is 0. The minimum atomic E-state index is 0.0318. The number of carbonyl (C=O) groups excluding carboxylic acids is 1. The lowest BCUT2D eigenvalue weighted by Gasteiger charge is -2.36. The van der Waals surface area contributed by atoms with Gasteiger partial charge in [-0.3, -0.25) is 9.69 Å². The number of anilines is 1. The van der Waals surface area contributed by atoms with Crippen LogP contribution in [0.4, 0.5) is 5.82 Å². The van der Waals surface area contributed by atoms with Crippen molar-refractivity contribution in [2.45, 2.75) is 31.7 Å². The standard InChI is InChI=1S/C30H33N7O/c1-19(37-15-12-21(13-16-37)20-5-7-22(8-6-20)30(38)35(2)3)27-17-25-23(11-14-33-29(25)36(27)4)24-9-10-28(32)34-26(24)18-31/h5-11,14,17,19,21H,12-13,15-16H2,1-4H3,(H2,32,34)/t19-/m1/s1. The molecular weight excluding hydrogens is 474 g/mol. The SMILES string of the molecule is C[C@H](c1cc2c(-c3ccc(N)nc3C#N)ccnc2n1C)N1CCC(c2ccc(C(=O)N(C)C)cc2)CC1. The Morgan fingerprint density at radius 3 is 2.47 bits per heavy atom. The minimum absolute atomic E-state index is 0.0318. The van der Waals surface area contributed by atoms with Gasteiger partial charge in [-0.05, 0) is 86.3 Å². The van der Waals surface area contributed by atoms with Crippen molar-refractivity contribution in [3.05, 3.63) is 77.2 Å². The van der Waals surface area contributed by atoms with Gasteiger partial charge in [0.15, 0.2) is 5.69 Å². The molecule has 8 heteroatoms. The number of fused-ring (bicyclic) bond motifs is 1. The molecule has 0 aliphatic carbocycles. The van der Waals surface area contributed by atoms with Gasteiger partial charge < -0.3 is 15.2 Å². The Labute approximate surface area is 223 Å². The highest BCUT2D eigenvalue weighted by Crippen LogP contribution is 2.36. The van der Waals surface area contributed by atoms with Crippen LogP contribution in [-0.2, 0) is 7.05 Å². The molecule has 0 bridgehead atoms. The van der Waals surface area contributed by atoms with Crippen LogP contribution in [0.1, 0.15) is 59.0 Å². The van der Waals surface area contributed by atoms with E-state index in [4.69, 9.17) is 5.73 Å². The van der Waals surface area contributed by atoms with E-state index in [1.165, 1.54) is 11.3 Å². The van der Waals surface area contributed by atoms with E-state index >= 15 is 0 Å². The summed E-state index contributed by atoms with van der Waals surface area (Å²) in [6.45, 7) is 4.24. The summed E-state index contributed by atoms with van der Waals surface area (Å²) in [7, 11) is 5.61. The van der Waals surface area contributed by atoms with Crippen LogP contribution in [0.3, 0.4) is 0 Å². The molecule has 0 radical (unpaired) electrons. The summed E-state index contributed by atoms with van der Waals surface area (Å²) in [6, 6.07) is 18.2. The number of aromatic nitrogens is 3. The second-order valence-electron chi connectivity index (χ2n) is 10.3. The molecule has 1 saturated heterocycles. The number of aryl methyl sites for hydroxylation is 1. The van der Waals surface area contributed by atoms with E-state index in [-0.39, 0.29) is 11.9 Å². The highest BCUT2D eigenvalue weighted by atomic mass is 16.2. The van der Waals surface area contributed by atoms with Crippen LogP contribution in [0.5, 0.6) is 0 Å². The Morgan fingerprint density at radius 1 is 1.11 bits per heavy atom. The molecular formula is C30H33N7O. The molecule has 0 unspecified atom stereocenters. The maximum atomic E-state index is 12.2. The number of nitriles is 1. The molecule has 2 N–H and O–H groups in total. The van der Waals surface area contributed by atoms with Gasteiger partial charge in [0.25, 0.3) is 5.91 Å². The first-order chi connectivity index (χ1) is 18.3. The van der Waals surface area contributed by atoms with Crippen LogP contribution in [-0.4, -0.2) is 57.4 Å². The van der Waals surface area contributed by atoms with E-state index in [1.807, 2.05) is 24.3 Å². The second kappa shape index (κ2) is 10.3. The molecule has 1 amide bonds. The van der Waals surface area contributed by atoms with Gasteiger partial charge >= 0.3 is 0 Å². The zero-order valence-corrected chi connectivity index (χ0v) is 22.3. The third-order valence-electron chi connectivity index (χ3n) is 7.82. The predicted octanol–water partition coefficient (Wildman–Crippen LogP) is 4.73. The van der Waals surface area contributed by atoms with E-state index < -0.39 is 0 Å². The zero-order valence-electron chi connectivity index (χ0n) is 22.3. The molecule has 0 spiro atoms. The normalized spacial score (nSPS) is 15.3. The molecule has 38 heavy (non-hydrogen) atoms. The number of nitrogens with two attached hydrogens (primary N) is 1. The maximum Gasteiger partial charge on any atom is 0.253 e. The van der Waals surface area contributed by atoms with Crippen molar-refractivity contribution in [2.75, 3.05) is 32.9 Å². The summed E-state index contributed by atoms with van der Waals surface area (Å²) in [4.78, 5) is 25.2. The lowest BCUT2D eigenvalue weighted by Crippen LogP contribution is -2.35. The van der Waals surface area contributed by atoms with Gasteiger partial charge in [0.05, 0.1) is 0 Å². The number of carbonyl (C=O) groups is 1. The Bertz CT molecular complexity index is 1520. The number of piperidine rings is 1. The number of rotatable bonds is 5. The lowest BCUT2D eigenvalue weighted by molar-refractivity contribution is 0.0827. The third-order valence-corrected chi connectivity index (χ3v) is 7.82. The highest BCUT2D eigenvalue weighted by Gasteiger charge is 2.27. The summed E-state index contributed by atoms with van der Waals surface area (Å²) in [5.74, 6) is 0.855. The fourth-order valence-electron chi connectivity index (χ4n) is 5.61. The fourth-order valence-corrected chi connectivity index (χ4v) is 5.61. The van der Waals surface area contributed by atoms with Crippen molar-refractivity contribution in [1.29, 1.82) is 5.26 Å². The molecule has 8 nitrogen and oxygen atoms in total. The van der Waals surface area contributed by atoms with Crippen LogP contribution in [0.15, 0.2) is 54.7 Å². The van der Waals surface area contributed by atoms with Crippen LogP contribution in [0.2, 0.25) is 0 Å². The smallest absolute Gasteiger partial charge is 0.253 e. The third kappa shape index (κ3) is 4.61. The number of likely N-dealkylation sites (tertiary alicyclic amines) is 1. The number of pyridine rings is 2. The molecule has 4 aromatic rings. The highest BCUT2D eigenvalue weighted by molar-refractivity contribution is 5.95. The Morgan fingerprint density at radius 2 is 1.82 bits per heavy atom. The van der Waals surface area contributed by atoms with E-state index in [0.717, 1.165) is 53.7 Å². The largest absolute Gasteiger partial charge is 0.384 e. The molecule has 1 aliphatic rings. The number of nitrogen functional groups attached to an aromatic ring is 1. The molecule has 1 aromatic carbocycles. The van der Waals surface area contributed by atoms with Gasteiger partial charge in [0, 0.05) is 55.6 Å². The quantitative estimate of drug-likeness (QED) is 0.419. The molecule has 4 heterocycles. The van der Waals surface area contributed by atoms with E-state index in [9.17, 15) is 10.1 Å². The van der Waals surface area contributed by atoms with Crippen LogP contribution < -0.4 is 5.73 Å². The van der Waals surface area contributed by atoms with Crippen molar-refractivity contribution < 1.29 is 4.79 Å². The second-order valence-corrected chi connectivity index (χ2v) is 10.3. The molecule has 0 saturated carbocycles. The van der Waals surface area contributed by atoms with E-state index in [1.54, 1.807) is 31.3 Å². The number of benzene rings is 1. The van der Waals surface area contributed by atoms with Crippen molar-refractivity contribution in [1.82, 2.24) is 24.3 Å². The number of hydrogen-bond acceptors (Lipinski definition) is 6. The first kappa shape index (κ1) is 25.4. The molecule has 3 aromatic heterocycles. The lowest BCUT2D eigenvalue weighted by atomic mass is 9.88. The van der Waals surface area contributed by atoms with E-state index in [2.05, 4.69) is 57.7 Å². The van der Waals surface area contributed by atoms with Gasteiger partial charge in [-0.15, -0.1) is 0 Å². The summed E-state index contributed by atoms with van der Waals surface area (Å²) in [5.41, 5.74) is 11.9. The van der Waals surface area contributed by atoms with Gasteiger partial charge in [-0.1, -0.05) is 12.1 Å². The van der Waals surface area contributed by atoms with E-state index in [0.29, 0.717) is 17.4 Å². The Kier molecular flexibility index (Phi) is 6.87. The molecule has 1 aliphatic heterocycles. The minimum Gasteiger partial charge on any atom is -0.384 e. The van der Waals surface area contributed by atoms with Crippen LogP contribution >= 0.6 is 0 Å². The zero-order chi connectivity index (χ0) is 27.0. The van der Waals surface area contributed by atoms with Crippen molar-refractivity contribution in [3.63, 3.8) is 0 Å². The molecule has 1 fully saturated rings. The predicted molar refractivity (Wildman–Crippen MR) is 149 cm³/mol. The topological polar surface area (TPSA) is 104 Å². The molecule has 5 rings (SSSR count). The van der Waals surface area contributed by atoms with Crippen molar-refractivity contribution >= 4 is 22.8 Å². The van der Waals surface area contributed by atoms with Crippen LogP contribution in [0, 0.1) is 11.3 Å². The van der Waals surface area contributed by atoms with Crippen molar-refractivity contribution in [3.8, 4) is 17.2 Å². The average molecular weight is 508 g/mol. The number of amides is 1. The monoisotopic (exact) mass is 507 g/mol. The maximum absolute atomic E-state index is 12.2. The van der Waals surface area contributed by atoms with Crippen molar-refractivity contribution in [2.24, 2.45) is 7.05 Å². The Balaban J connectivity index is 1.35. The van der Waals surface area contributed by atoms with Gasteiger partial charge in [-0.25, -0.2) is 9.97 Å². The van der Waals surface area contributed by atoms with Gasteiger partial charge in [-0.2, -0.15) is 5.26 Å². The van der Waals surface area contributed by atoms with Gasteiger partial charge in [0.2, 0.25) is 0 Å².